The van der Waals surface area contributed by atoms with Crippen LogP contribution >= 0.6 is 0 Å². The molecule has 2 aromatic carbocycles. The largest absolute Gasteiger partial charge is 0.444 e. The molecule has 7 heteroatoms. The summed E-state index contributed by atoms with van der Waals surface area (Å²) in [5, 5.41) is 5.66. The van der Waals surface area contributed by atoms with Gasteiger partial charge in [-0.1, -0.05) is 60.7 Å². The summed E-state index contributed by atoms with van der Waals surface area (Å²) in [6.45, 7) is 12.2. The van der Waals surface area contributed by atoms with Gasteiger partial charge >= 0.3 is 12.2 Å². The monoisotopic (exact) mass is 467 g/mol. The van der Waals surface area contributed by atoms with Crippen molar-refractivity contribution in [3.63, 3.8) is 0 Å². The lowest BCUT2D eigenvalue weighted by Crippen LogP contribution is -2.63. The first-order valence-electron chi connectivity index (χ1n) is 11.7. The van der Waals surface area contributed by atoms with Crippen LogP contribution in [-0.4, -0.2) is 47.5 Å². The van der Waals surface area contributed by atoms with E-state index in [4.69, 9.17) is 9.47 Å². The highest BCUT2D eigenvalue weighted by Crippen LogP contribution is 2.35. The molecule has 1 aliphatic heterocycles. The van der Waals surface area contributed by atoms with Crippen molar-refractivity contribution in [2.45, 2.75) is 65.0 Å². The molecular formula is C27H37N3O4. The van der Waals surface area contributed by atoms with E-state index in [1.165, 1.54) is 11.1 Å². The van der Waals surface area contributed by atoms with Gasteiger partial charge in [-0.2, -0.15) is 0 Å². The average molecular weight is 468 g/mol. The Morgan fingerprint density at radius 1 is 0.765 bits per heavy atom. The van der Waals surface area contributed by atoms with Gasteiger partial charge in [0.15, 0.2) is 0 Å². The molecule has 0 spiro atoms. The Morgan fingerprint density at radius 2 is 1.15 bits per heavy atom. The van der Waals surface area contributed by atoms with Gasteiger partial charge in [-0.05, 0) is 52.7 Å². The van der Waals surface area contributed by atoms with Crippen LogP contribution in [0.2, 0.25) is 0 Å². The third kappa shape index (κ3) is 7.48. The van der Waals surface area contributed by atoms with Gasteiger partial charge in [-0.15, -0.1) is 0 Å². The van der Waals surface area contributed by atoms with Crippen LogP contribution in [-0.2, 0) is 9.47 Å². The van der Waals surface area contributed by atoms with E-state index in [0.29, 0.717) is 13.1 Å². The van der Waals surface area contributed by atoms with Gasteiger partial charge in [0.05, 0.1) is 6.04 Å². The number of nitrogens with zero attached hydrogens (tertiary/aromatic N) is 1. The van der Waals surface area contributed by atoms with Crippen LogP contribution in [0.4, 0.5) is 9.59 Å². The predicted molar refractivity (Wildman–Crippen MR) is 132 cm³/mol. The van der Waals surface area contributed by atoms with Crippen molar-refractivity contribution in [3.05, 3.63) is 71.8 Å². The van der Waals surface area contributed by atoms with Gasteiger partial charge in [-0.3, -0.25) is 4.90 Å². The molecule has 7 nitrogen and oxygen atoms in total. The summed E-state index contributed by atoms with van der Waals surface area (Å²) < 4.78 is 10.9. The smallest absolute Gasteiger partial charge is 0.409 e. The van der Waals surface area contributed by atoms with Gasteiger partial charge in [0.25, 0.3) is 0 Å². The predicted octanol–water partition coefficient (Wildman–Crippen LogP) is 5.08. The van der Waals surface area contributed by atoms with E-state index in [2.05, 4.69) is 39.8 Å². The van der Waals surface area contributed by atoms with E-state index in [-0.39, 0.29) is 12.0 Å². The van der Waals surface area contributed by atoms with Crippen LogP contribution in [0.25, 0.3) is 0 Å². The normalized spacial score (nSPS) is 15.1. The first-order valence-corrected chi connectivity index (χ1v) is 11.7. The Balaban J connectivity index is 1.74. The number of rotatable bonds is 6. The van der Waals surface area contributed by atoms with Gasteiger partial charge < -0.3 is 20.1 Å². The summed E-state index contributed by atoms with van der Waals surface area (Å²) in [4.78, 5) is 27.3. The Hall–Kier alpha value is -3.06. The number of benzene rings is 2. The second-order valence-corrected chi connectivity index (χ2v) is 10.7. The molecular weight excluding hydrogens is 430 g/mol. The molecule has 0 unspecified atom stereocenters. The molecule has 3 rings (SSSR count). The average Bonchev–Trinajstić information content (AvgIpc) is 2.68. The Bertz CT molecular complexity index is 876. The summed E-state index contributed by atoms with van der Waals surface area (Å²) in [7, 11) is 0. The van der Waals surface area contributed by atoms with Crippen LogP contribution in [0, 0.1) is 5.92 Å². The zero-order valence-electron chi connectivity index (χ0n) is 21.0. The molecule has 1 saturated heterocycles. The summed E-state index contributed by atoms with van der Waals surface area (Å²) >= 11 is 0. The number of carbonyl (C=O) groups excluding carboxylic acids is 2. The number of nitrogens with one attached hydrogen (secondary N) is 2. The fraction of sp³-hybridized carbons (Fsp3) is 0.481. The zero-order valence-corrected chi connectivity index (χ0v) is 21.0. The molecule has 0 bridgehead atoms. The van der Waals surface area contributed by atoms with Crippen LogP contribution < -0.4 is 10.6 Å². The van der Waals surface area contributed by atoms with Gasteiger partial charge in [0, 0.05) is 19.0 Å². The zero-order chi connectivity index (χ0) is 24.9. The van der Waals surface area contributed by atoms with Crippen molar-refractivity contribution in [1.29, 1.82) is 0 Å². The Morgan fingerprint density at radius 3 is 1.50 bits per heavy atom. The van der Waals surface area contributed by atoms with Crippen molar-refractivity contribution < 1.29 is 19.1 Å². The molecule has 184 valence electrons. The maximum atomic E-state index is 12.5. The van der Waals surface area contributed by atoms with Crippen molar-refractivity contribution in [2.75, 3.05) is 13.1 Å². The maximum Gasteiger partial charge on any atom is 0.409 e. The minimum Gasteiger partial charge on any atom is -0.444 e. The number of hydrogen-bond acceptors (Lipinski definition) is 5. The standard InChI is InChI=1S/C27H37N3O4/c1-26(2,3)33-24(31)28-23(29-25(32)34-27(4,5)6)21-17-30(18-21)22(19-13-9-7-10-14-19)20-15-11-8-12-16-20/h7-16,21-23H,17-18H2,1-6H3,(H,28,31)(H,29,32). The van der Waals surface area contributed by atoms with Crippen LogP contribution in [0.5, 0.6) is 0 Å². The number of ether oxygens (including phenoxy) is 2. The lowest BCUT2D eigenvalue weighted by molar-refractivity contribution is 0.0112. The van der Waals surface area contributed by atoms with Crippen LogP contribution in [0.3, 0.4) is 0 Å². The molecule has 0 radical (unpaired) electrons. The van der Waals surface area contributed by atoms with Crippen LogP contribution in [0.1, 0.15) is 58.7 Å². The minimum absolute atomic E-state index is 0.00467. The molecule has 34 heavy (non-hydrogen) atoms. The van der Waals surface area contributed by atoms with E-state index in [9.17, 15) is 9.59 Å². The highest BCUT2D eigenvalue weighted by Gasteiger charge is 2.40. The molecule has 0 aliphatic carbocycles. The lowest BCUT2D eigenvalue weighted by Gasteiger charge is -2.47. The minimum atomic E-state index is -0.641. The fourth-order valence-corrected chi connectivity index (χ4v) is 4.00. The van der Waals surface area contributed by atoms with Crippen molar-refractivity contribution in [3.8, 4) is 0 Å². The van der Waals surface area contributed by atoms with Crippen molar-refractivity contribution in [1.82, 2.24) is 15.5 Å². The SMILES string of the molecule is CC(C)(C)OC(=O)NC(NC(=O)OC(C)(C)C)C1CN(C(c2ccccc2)c2ccccc2)C1. The van der Waals surface area contributed by atoms with Crippen LogP contribution in [0.15, 0.2) is 60.7 Å². The first kappa shape index (κ1) is 25.6. The molecule has 1 aliphatic rings. The topological polar surface area (TPSA) is 79.9 Å². The molecule has 1 fully saturated rings. The lowest BCUT2D eigenvalue weighted by atomic mass is 9.88. The van der Waals surface area contributed by atoms with Crippen molar-refractivity contribution >= 4 is 12.2 Å². The molecule has 0 aromatic heterocycles. The molecule has 2 N–H and O–H groups in total. The van der Waals surface area contributed by atoms with E-state index in [0.717, 1.165) is 0 Å². The summed E-state index contributed by atoms with van der Waals surface area (Å²) in [5.74, 6) is -0.00467. The Labute approximate surface area is 202 Å². The number of amides is 2. The molecule has 0 atom stereocenters. The number of hydrogen-bond donors (Lipinski definition) is 2. The third-order valence-corrected chi connectivity index (χ3v) is 5.35. The summed E-state index contributed by atoms with van der Waals surface area (Å²) in [5.41, 5.74) is 1.11. The summed E-state index contributed by atoms with van der Waals surface area (Å²) in [6, 6.07) is 20.8. The second kappa shape index (κ2) is 10.5. The quantitative estimate of drug-likeness (QED) is 0.579. The number of alkyl carbamates (subject to hydrolysis) is 2. The Kier molecular flexibility index (Phi) is 7.87. The fourth-order valence-electron chi connectivity index (χ4n) is 4.00. The van der Waals surface area contributed by atoms with E-state index in [1.807, 2.05) is 36.4 Å². The van der Waals surface area contributed by atoms with E-state index in [1.54, 1.807) is 41.5 Å². The van der Waals surface area contributed by atoms with Crippen molar-refractivity contribution in [2.24, 2.45) is 5.92 Å². The van der Waals surface area contributed by atoms with Gasteiger partial charge in [0.1, 0.15) is 17.4 Å². The molecule has 2 amide bonds. The van der Waals surface area contributed by atoms with Gasteiger partial charge in [0.2, 0.25) is 0 Å². The number of carbonyl (C=O) groups is 2. The molecule has 2 aromatic rings. The molecule has 1 heterocycles. The first-order chi connectivity index (χ1) is 15.9. The summed E-state index contributed by atoms with van der Waals surface area (Å²) in [6.07, 6.45) is -1.77. The second-order valence-electron chi connectivity index (χ2n) is 10.7. The third-order valence-electron chi connectivity index (χ3n) is 5.35. The molecule has 0 saturated carbocycles. The maximum absolute atomic E-state index is 12.5. The van der Waals surface area contributed by atoms with E-state index < -0.39 is 29.6 Å². The highest BCUT2D eigenvalue weighted by atomic mass is 16.6. The number of likely N-dealkylation sites (tertiary alicyclic amines) is 1. The van der Waals surface area contributed by atoms with E-state index >= 15 is 0 Å². The highest BCUT2D eigenvalue weighted by molar-refractivity contribution is 5.71. The van der Waals surface area contributed by atoms with Gasteiger partial charge in [-0.25, -0.2) is 9.59 Å².